The summed E-state index contributed by atoms with van der Waals surface area (Å²) in [5.41, 5.74) is 4.41. The number of halogens is 1. The Morgan fingerprint density at radius 3 is 2.78 bits per heavy atom. The highest BCUT2D eigenvalue weighted by Gasteiger charge is 2.29. The van der Waals surface area contributed by atoms with Crippen molar-refractivity contribution >= 4 is 26.7 Å². The van der Waals surface area contributed by atoms with Crippen LogP contribution in [0.15, 0.2) is 79.1 Å². The lowest BCUT2D eigenvalue weighted by atomic mass is 9.87. The van der Waals surface area contributed by atoms with Crippen molar-refractivity contribution in [2.45, 2.75) is 65.8 Å². The van der Waals surface area contributed by atoms with Gasteiger partial charge < -0.3 is 14.5 Å². The fourth-order valence-electron chi connectivity index (χ4n) is 7.06. The number of hydrogen-bond acceptors (Lipinski definition) is 6. The molecule has 0 saturated heterocycles. The van der Waals surface area contributed by atoms with E-state index in [4.69, 9.17) is 14.6 Å². The van der Waals surface area contributed by atoms with Gasteiger partial charge in [0.1, 0.15) is 5.75 Å². The molecule has 0 amide bonds. The summed E-state index contributed by atoms with van der Waals surface area (Å²) in [6.07, 6.45) is 6.33. The first-order valence-electron chi connectivity index (χ1n) is 17.0. The summed E-state index contributed by atoms with van der Waals surface area (Å²) in [7, 11) is -3.50. The van der Waals surface area contributed by atoms with Crippen LogP contribution < -0.4 is 4.74 Å². The van der Waals surface area contributed by atoms with E-state index < -0.39 is 21.1 Å². The van der Waals surface area contributed by atoms with Crippen LogP contribution in [0.3, 0.4) is 0 Å². The summed E-state index contributed by atoms with van der Waals surface area (Å²) >= 11 is 0. The van der Waals surface area contributed by atoms with E-state index in [1.54, 1.807) is 25.4 Å². The minimum atomic E-state index is -3.50. The van der Waals surface area contributed by atoms with Crippen LogP contribution >= 0.6 is 0 Å². The zero-order valence-corrected chi connectivity index (χ0v) is 29.4. The molecule has 0 spiro atoms. The Morgan fingerprint density at radius 2 is 1.96 bits per heavy atom. The van der Waals surface area contributed by atoms with E-state index >= 15 is 4.39 Å². The number of aryl methyl sites for hydroxylation is 1. The van der Waals surface area contributed by atoms with Crippen molar-refractivity contribution in [1.29, 1.82) is 0 Å². The van der Waals surface area contributed by atoms with Crippen LogP contribution in [0.2, 0.25) is 0 Å². The maximum Gasteiger partial charge on any atom is 0.308 e. The standard InChI is InChI=1S/C39H44FN3O5S/c1-5-47-38(44)26(2)21-27-9-6-10-28(22-27)35-13-8-17-39(3,4)25-49(45,46)20-16-32-31-14-18-41-34(31)24-33(40)37(32)48-30-12-7-11-29(23-30)36-15-19-42-43(35)36/h6-7,9-12,14-15,18-19,22-24,26,35,41H,5,8,13,16-17,20-21,25H2,1-4H3/t26-,35?/m0/s1. The van der Waals surface area contributed by atoms with Crippen LogP contribution in [0.25, 0.3) is 22.2 Å². The Hall–Kier alpha value is -4.44. The Morgan fingerprint density at radius 1 is 1.14 bits per heavy atom. The fraction of sp³-hybridized carbons (Fsp3) is 0.385. The third-order valence-corrected chi connectivity index (χ3v) is 11.4. The maximum absolute atomic E-state index is 15.7. The van der Waals surface area contributed by atoms with Crippen LogP contribution in [0.4, 0.5) is 4.39 Å². The van der Waals surface area contributed by atoms with Gasteiger partial charge in [0.15, 0.2) is 21.4 Å². The number of carbonyl (C=O) groups excluding carboxylic acids is 1. The molecule has 10 heteroatoms. The average molecular weight is 686 g/mol. The number of nitrogens with zero attached hydrogens (tertiary/aromatic N) is 2. The molecule has 2 bridgehead atoms. The van der Waals surface area contributed by atoms with Gasteiger partial charge in [0.2, 0.25) is 0 Å². The van der Waals surface area contributed by atoms with Gasteiger partial charge in [-0.15, -0.1) is 0 Å². The van der Waals surface area contributed by atoms with Crippen molar-refractivity contribution in [3.63, 3.8) is 0 Å². The average Bonchev–Trinajstić information content (AvgIpc) is 3.72. The molecule has 5 aromatic rings. The predicted molar refractivity (Wildman–Crippen MR) is 190 cm³/mol. The zero-order valence-electron chi connectivity index (χ0n) is 28.5. The Kier molecular flexibility index (Phi) is 9.97. The minimum Gasteiger partial charge on any atom is -0.466 e. The quantitative estimate of drug-likeness (QED) is 0.186. The summed E-state index contributed by atoms with van der Waals surface area (Å²) in [6, 6.07) is 20.7. The number of aromatic amines is 1. The summed E-state index contributed by atoms with van der Waals surface area (Å²) in [5.74, 6) is -0.711. The molecule has 0 saturated carbocycles. The molecule has 1 aliphatic heterocycles. The maximum atomic E-state index is 15.7. The van der Waals surface area contributed by atoms with Crippen molar-refractivity contribution < 1.29 is 27.1 Å². The molecule has 1 N–H and O–H groups in total. The van der Waals surface area contributed by atoms with Gasteiger partial charge >= 0.3 is 5.97 Å². The molecule has 258 valence electrons. The molecule has 6 rings (SSSR count). The smallest absolute Gasteiger partial charge is 0.308 e. The van der Waals surface area contributed by atoms with E-state index in [0.29, 0.717) is 42.7 Å². The van der Waals surface area contributed by atoms with Crippen LogP contribution in [0.1, 0.15) is 69.7 Å². The summed E-state index contributed by atoms with van der Waals surface area (Å²) < 4.78 is 56.4. The highest BCUT2D eigenvalue weighted by atomic mass is 32.2. The molecular formula is C39H44FN3O5S. The topological polar surface area (TPSA) is 103 Å². The van der Waals surface area contributed by atoms with E-state index in [1.807, 2.05) is 67.9 Å². The number of rotatable bonds is 5. The van der Waals surface area contributed by atoms with Gasteiger partial charge in [0, 0.05) is 40.5 Å². The molecule has 2 aromatic heterocycles. The van der Waals surface area contributed by atoms with Gasteiger partial charge in [-0.05, 0) is 73.4 Å². The highest BCUT2D eigenvalue weighted by Crippen LogP contribution is 2.38. The number of carbonyl (C=O) groups is 1. The molecule has 0 aliphatic carbocycles. The summed E-state index contributed by atoms with van der Waals surface area (Å²) in [4.78, 5) is 15.5. The molecule has 1 aliphatic rings. The Balaban J connectivity index is 1.43. The number of hydrogen-bond donors (Lipinski definition) is 1. The predicted octanol–water partition coefficient (Wildman–Crippen LogP) is 8.46. The molecule has 0 fully saturated rings. The lowest BCUT2D eigenvalue weighted by Crippen LogP contribution is -2.27. The second kappa shape index (κ2) is 14.2. The van der Waals surface area contributed by atoms with Crippen molar-refractivity contribution in [3.05, 3.63) is 102 Å². The minimum absolute atomic E-state index is 0.0154. The fourth-order valence-corrected chi connectivity index (χ4v) is 9.05. The number of esters is 1. The van der Waals surface area contributed by atoms with E-state index in [0.717, 1.165) is 34.2 Å². The third-order valence-electron chi connectivity index (χ3n) is 9.35. The second-order valence-corrected chi connectivity index (χ2v) is 16.1. The monoisotopic (exact) mass is 685 g/mol. The normalized spacial score (nSPS) is 18.4. The van der Waals surface area contributed by atoms with Gasteiger partial charge in [-0.25, -0.2) is 12.8 Å². The van der Waals surface area contributed by atoms with Crippen molar-refractivity contribution in [3.8, 4) is 22.8 Å². The first kappa shape index (κ1) is 34.4. The molecular weight excluding hydrogens is 642 g/mol. The molecule has 0 radical (unpaired) electrons. The number of fused-ring (bicyclic) bond motifs is 7. The highest BCUT2D eigenvalue weighted by molar-refractivity contribution is 7.91. The first-order chi connectivity index (χ1) is 23.4. The number of nitrogens with one attached hydrogen (secondary N) is 1. The molecule has 49 heavy (non-hydrogen) atoms. The van der Waals surface area contributed by atoms with Gasteiger partial charge in [-0.2, -0.15) is 5.10 Å². The first-order valence-corrected chi connectivity index (χ1v) is 18.8. The van der Waals surface area contributed by atoms with E-state index in [1.165, 1.54) is 6.07 Å². The Bertz CT molecular complexity index is 2070. The number of aromatic nitrogens is 3. The van der Waals surface area contributed by atoms with E-state index in [9.17, 15) is 13.2 Å². The zero-order chi connectivity index (χ0) is 34.8. The largest absolute Gasteiger partial charge is 0.466 e. The molecule has 3 aromatic carbocycles. The van der Waals surface area contributed by atoms with Gasteiger partial charge in [0.05, 0.1) is 35.8 Å². The van der Waals surface area contributed by atoms with Crippen molar-refractivity contribution in [1.82, 2.24) is 14.8 Å². The van der Waals surface area contributed by atoms with Crippen LogP contribution in [0, 0.1) is 17.2 Å². The van der Waals surface area contributed by atoms with E-state index in [-0.39, 0.29) is 41.6 Å². The molecule has 8 nitrogen and oxygen atoms in total. The second-order valence-electron chi connectivity index (χ2n) is 13.9. The van der Waals surface area contributed by atoms with E-state index in [2.05, 4.69) is 17.1 Å². The number of ether oxygens (including phenoxy) is 2. The molecule has 1 unspecified atom stereocenters. The summed E-state index contributed by atoms with van der Waals surface area (Å²) in [6.45, 7) is 8.02. The van der Waals surface area contributed by atoms with Gasteiger partial charge in [0.25, 0.3) is 0 Å². The molecule has 2 atom stereocenters. The van der Waals surface area contributed by atoms with Gasteiger partial charge in [-0.3, -0.25) is 9.48 Å². The van der Waals surface area contributed by atoms with Gasteiger partial charge in [-0.1, -0.05) is 63.6 Å². The number of benzene rings is 3. The molecule has 3 heterocycles. The lowest BCUT2D eigenvalue weighted by molar-refractivity contribution is -0.147. The number of H-pyrrole nitrogens is 1. The van der Waals surface area contributed by atoms with Crippen molar-refractivity contribution in [2.75, 3.05) is 18.1 Å². The van der Waals surface area contributed by atoms with Crippen molar-refractivity contribution in [2.24, 2.45) is 11.3 Å². The van der Waals surface area contributed by atoms with Crippen LogP contribution in [-0.4, -0.2) is 47.3 Å². The summed E-state index contributed by atoms with van der Waals surface area (Å²) in [5, 5.41) is 5.55. The lowest BCUT2D eigenvalue weighted by Gasteiger charge is -2.27. The van der Waals surface area contributed by atoms with Crippen LogP contribution in [0.5, 0.6) is 11.5 Å². The third kappa shape index (κ3) is 7.90. The Labute approximate surface area is 287 Å². The SMILES string of the molecule is CCOC(=O)[C@@H](C)Cc1cccc(C2CCCC(C)(C)CS(=O)(=O)CCc3c(c(F)cc4[nH]ccc34)Oc3cccc(c3)-c3ccnn32)c1. The number of sulfone groups is 1. The van der Waals surface area contributed by atoms with Crippen LogP contribution in [-0.2, 0) is 32.2 Å².